The Morgan fingerprint density at radius 1 is 1.46 bits per heavy atom. The van der Waals surface area contributed by atoms with Crippen molar-refractivity contribution in [2.45, 2.75) is 6.92 Å². The molecule has 0 amide bonds. The number of ether oxygens (including phenoxy) is 1. The fourth-order valence-corrected chi connectivity index (χ4v) is 0.922. The highest BCUT2D eigenvalue weighted by molar-refractivity contribution is 5.80. The Morgan fingerprint density at radius 3 is 2.77 bits per heavy atom. The first-order valence-corrected chi connectivity index (χ1v) is 4.05. The summed E-state index contributed by atoms with van der Waals surface area (Å²) in [5, 5.41) is 8.45. The minimum absolute atomic E-state index is 0.0681. The third-order valence-electron chi connectivity index (χ3n) is 1.66. The summed E-state index contributed by atoms with van der Waals surface area (Å²) >= 11 is 0. The summed E-state index contributed by atoms with van der Waals surface area (Å²) in [6.45, 7) is 1.37. The van der Waals surface area contributed by atoms with Crippen molar-refractivity contribution in [3.8, 4) is 5.75 Å². The number of aryl methyl sites for hydroxylation is 1. The van der Waals surface area contributed by atoms with E-state index in [0.717, 1.165) is 5.56 Å². The molecule has 0 aromatic heterocycles. The SMILES string of the molecule is Cc1ccccc1OCC(=O)CO. The Labute approximate surface area is 77.0 Å². The molecule has 0 aliphatic heterocycles. The van der Waals surface area contributed by atoms with Gasteiger partial charge in [0.05, 0.1) is 0 Å². The molecule has 0 heterocycles. The number of carbonyl (C=O) groups excluding carboxylic acids is 1. The molecule has 0 unspecified atom stereocenters. The van der Waals surface area contributed by atoms with E-state index in [-0.39, 0.29) is 12.4 Å². The molecule has 3 heteroatoms. The highest BCUT2D eigenvalue weighted by Crippen LogP contribution is 2.15. The van der Waals surface area contributed by atoms with Crippen molar-refractivity contribution < 1.29 is 14.6 Å². The number of ketones is 1. The van der Waals surface area contributed by atoms with E-state index in [1.54, 1.807) is 6.07 Å². The summed E-state index contributed by atoms with van der Waals surface area (Å²) in [5.41, 5.74) is 0.980. The standard InChI is InChI=1S/C10H12O3/c1-8-4-2-3-5-10(8)13-7-9(12)6-11/h2-5,11H,6-7H2,1H3. The van der Waals surface area contributed by atoms with Gasteiger partial charge in [0.25, 0.3) is 0 Å². The van der Waals surface area contributed by atoms with Crippen LogP contribution in [0, 0.1) is 6.92 Å². The van der Waals surface area contributed by atoms with Gasteiger partial charge in [0.2, 0.25) is 0 Å². The lowest BCUT2D eigenvalue weighted by atomic mass is 10.2. The first-order chi connectivity index (χ1) is 6.24. The summed E-state index contributed by atoms with van der Waals surface area (Å²) < 4.78 is 5.18. The summed E-state index contributed by atoms with van der Waals surface area (Å²) in [4.78, 5) is 10.7. The summed E-state index contributed by atoms with van der Waals surface area (Å²) in [5.74, 6) is 0.368. The molecular weight excluding hydrogens is 168 g/mol. The minimum atomic E-state index is -0.466. The molecule has 13 heavy (non-hydrogen) atoms. The van der Waals surface area contributed by atoms with Gasteiger partial charge in [-0.05, 0) is 18.6 Å². The summed E-state index contributed by atoms with van der Waals surface area (Å²) in [6, 6.07) is 7.43. The second kappa shape index (κ2) is 4.62. The quantitative estimate of drug-likeness (QED) is 0.750. The molecule has 0 atom stereocenters. The molecule has 0 fully saturated rings. The molecule has 0 aliphatic carbocycles. The van der Waals surface area contributed by atoms with Gasteiger partial charge in [-0.15, -0.1) is 0 Å². The molecule has 1 aromatic rings. The molecule has 0 bridgehead atoms. The summed E-state index contributed by atoms with van der Waals surface area (Å²) in [6.07, 6.45) is 0. The average Bonchev–Trinajstić information content (AvgIpc) is 2.16. The Morgan fingerprint density at radius 2 is 2.15 bits per heavy atom. The lowest BCUT2D eigenvalue weighted by Gasteiger charge is -2.06. The monoisotopic (exact) mass is 180 g/mol. The smallest absolute Gasteiger partial charge is 0.195 e. The van der Waals surface area contributed by atoms with E-state index in [2.05, 4.69) is 0 Å². The maximum atomic E-state index is 10.7. The predicted octanol–water partition coefficient (Wildman–Crippen LogP) is 0.935. The molecule has 0 aliphatic rings. The van der Waals surface area contributed by atoms with Crippen LogP contribution in [0.4, 0.5) is 0 Å². The first kappa shape index (κ1) is 9.74. The average molecular weight is 180 g/mol. The van der Waals surface area contributed by atoms with Crippen LogP contribution in [0.5, 0.6) is 5.75 Å². The van der Waals surface area contributed by atoms with Crippen molar-refractivity contribution >= 4 is 5.78 Å². The van der Waals surface area contributed by atoms with Crippen LogP contribution in [-0.2, 0) is 4.79 Å². The zero-order valence-electron chi connectivity index (χ0n) is 7.49. The lowest BCUT2D eigenvalue weighted by molar-refractivity contribution is -0.123. The van der Waals surface area contributed by atoms with Gasteiger partial charge in [0.1, 0.15) is 19.0 Å². The molecule has 0 saturated heterocycles. The van der Waals surface area contributed by atoms with E-state index in [4.69, 9.17) is 9.84 Å². The van der Waals surface area contributed by atoms with Gasteiger partial charge in [-0.1, -0.05) is 18.2 Å². The van der Waals surface area contributed by atoms with E-state index in [1.807, 2.05) is 25.1 Å². The molecular formula is C10H12O3. The van der Waals surface area contributed by atoms with Gasteiger partial charge < -0.3 is 9.84 Å². The van der Waals surface area contributed by atoms with E-state index < -0.39 is 6.61 Å². The Kier molecular flexibility index (Phi) is 3.46. The highest BCUT2D eigenvalue weighted by atomic mass is 16.5. The minimum Gasteiger partial charge on any atom is -0.485 e. The number of aliphatic hydroxyl groups is 1. The second-order valence-electron chi connectivity index (χ2n) is 2.75. The fourth-order valence-electron chi connectivity index (χ4n) is 0.922. The number of hydrogen-bond donors (Lipinski definition) is 1. The van der Waals surface area contributed by atoms with Crippen LogP contribution in [0.1, 0.15) is 5.56 Å². The molecule has 1 aromatic carbocycles. The predicted molar refractivity (Wildman–Crippen MR) is 48.8 cm³/mol. The molecule has 0 spiro atoms. The Balaban J connectivity index is 2.54. The van der Waals surface area contributed by atoms with Crippen LogP contribution in [0.15, 0.2) is 24.3 Å². The molecule has 0 radical (unpaired) electrons. The molecule has 3 nitrogen and oxygen atoms in total. The van der Waals surface area contributed by atoms with Gasteiger partial charge in [-0.3, -0.25) is 4.79 Å². The lowest BCUT2D eigenvalue weighted by Crippen LogP contribution is -2.14. The van der Waals surface area contributed by atoms with Gasteiger partial charge in [-0.25, -0.2) is 0 Å². The van der Waals surface area contributed by atoms with Gasteiger partial charge in [0.15, 0.2) is 5.78 Å². The number of benzene rings is 1. The maximum absolute atomic E-state index is 10.7. The number of carbonyl (C=O) groups is 1. The van der Waals surface area contributed by atoms with E-state index >= 15 is 0 Å². The van der Waals surface area contributed by atoms with Crippen molar-refractivity contribution in [1.82, 2.24) is 0 Å². The number of aliphatic hydroxyl groups excluding tert-OH is 1. The van der Waals surface area contributed by atoms with Crippen LogP contribution in [0.3, 0.4) is 0 Å². The van der Waals surface area contributed by atoms with Crippen LogP contribution in [0.2, 0.25) is 0 Å². The van der Waals surface area contributed by atoms with Crippen LogP contribution in [0.25, 0.3) is 0 Å². The molecule has 70 valence electrons. The van der Waals surface area contributed by atoms with Crippen LogP contribution < -0.4 is 4.74 Å². The summed E-state index contributed by atoms with van der Waals surface area (Å²) in [7, 11) is 0. The van der Waals surface area contributed by atoms with E-state index in [1.165, 1.54) is 0 Å². The first-order valence-electron chi connectivity index (χ1n) is 4.05. The van der Waals surface area contributed by atoms with Crippen molar-refractivity contribution in [2.24, 2.45) is 0 Å². The van der Waals surface area contributed by atoms with Crippen molar-refractivity contribution in [3.63, 3.8) is 0 Å². The second-order valence-corrected chi connectivity index (χ2v) is 2.75. The van der Waals surface area contributed by atoms with E-state index in [0.29, 0.717) is 5.75 Å². The number of Topliss-reactive ketones (excluding diaryl/α,β-unsaturated/α-hetero) is 1. The molecule has 0 saturated carbocycles. The normalized spacial score (nSPS) is 9.69. The third-order valence-corrected chi connectivity index (χ3v) is 1.66. The maximum Gasteiger partial charge on any atom is 0.195 e. The zero-order valence-corrected chi connectivity index (χ0v) is 7.49. The van der Waals surface area contributed by atoms with Gasteiger partial charge >= 0.3 is 0 Å². The number of rotatable bonds is 4. The number of hydrogen-bond acceptors (Lipinski definition) is 3. The number of para-hydroxylation sites is 1. The Bertz CT molecular complexity index is 294. The van der Waals surface area contributed by atoms with Gasteiger partial charge in [-0.2, -0.15) is 0 Å². The molecule has 1 N–H and O–H groups in total. The third kappa shape index (κ3) is 2.87. The highest BCUT2D eigenvalue weighted by Gasteiger charge is 2.02. The zero-order chi connectivity index (χ0) is 9.68. The van der Waals surface area contributed by atoms with Crippen molar-refractivity contribution in [1.29, 1.82) is 0 Å². The molecule has 1 rings (SSSR count). The van der Waals surface area contributed by atoms with Crippen LogP contribution in [-0.4, -0.2) is 24.1 Å². The van der Waals surface area contributed by atoms with Crippen molar-refractivity contribution in [2.75, 3.05) is 13.2 Å². The largest absolute Gasteiger partial charge is 0.485 e. The topological polar surface area (TPSA) is 46.5 Å². The van der Waals surface area contributed by atoms with E-state index in [9.17, 15) is 4.79 Å². The fraction of sp³-hybridized carbons (Fsp3) is 0.300. The van der Waals surface area contributed by atoms with Crippen LogP contribution >= 0.6 is 0 Å². The van der Waals surface area contributed by atoms with Gasteiger partial charge in [0, 0.05) is 0 Å². The van der Waals surface area contributed by atoms with Crippen molar-refractivity contribution in [3.05, 3.63) is 29.8 Å². The Hall–Kier alpha value is -1.35.